The molecule has 202 valence electrons. The number of carbonyl (C=O) groups excluding carboxylic acids is 1. The monoisotopic (exact) mass is 542 g/mol. The number of fused-ring (bicyclic) bond motifs is 2. The van der Waals surface area contributed by atoms with Gasteiger partial charge in [0.2, 0.25) is 18.5 Å². The summed E-state index contributed by atoms with van der Waals surface area (Å²) in [7, 11) is 2.92. The van der Waals surface area contributed by atoms with E-state index in [1.165, 1.54) is 37.0 Å². The molecule has 5 aromatic rings. The Labute approximate surface area is 225 Å². The Hall–Kier alpha value is -5.39. The largest absolute Gasteiger partial charge is 0.497 e. The van der Waals surface area contributed by atoms with E-state index in [1.54, 1.807) is 12.1 Å². The lowest BCUT2D eigenvalue weighted by Crippen LogP contribution is -2.41. The number of nitrogens with zero attached hydrogens (tertiary/aromatic N) is 4. The first-order valence-corrected chi connectivity index (χ1v) is 12.2. The second-order valence-corrected chi connectivity index (χ2v) is 8.85. The van der Waals surface area contributed by atoms with Gasteiger partial charge in [-0.3, -0.25) is 18.7 Å². The molecule has 12 heteroatoms. The summed E-state index contributed by atoms with van der Waals surface area (Å²) in [5.74, 6) is 1.39. The van der Waals surface area contributed by atoms with Crippen molar-refractivity contribution >= 4 is 16.7 Å². The summed E-state index contributed by atoms with van der Waals surface area (Å²) in [5, 5.41) is 4.12. The van der Waals surface area contributed by atoms with Gasteiger partial charge in [0.15, 0.2) is 17.3 Å². The molecule has 1 aliphatic rings. The van der Waals surface area contributed by atoms with Crippen molar-refractivity contribution in [2.24, 2.45) is 0 Å². The van der Waals surface area contributed by atoms with Crippen LogP contribution in [0.5, 0.6) is 23.0 Å². The molecule has 0 saturated heterocycles. The Balaban J connectivity index is 1.47. The summed E-state index contributed by atoms with van der Waals surface area (Å²) in [6.45, 7) is -0.745. The van der Waals surface area contributed by atoms with Gasteiger partial charge in [0.1, 0.15) is 18.0 Å². The van der Waals surface area contributed by atoms with E-state index in [1.807, 2.05) is 30.3 Å². The van der Waals surface area contributed by atoms with Crippen molar-refractivity contribution in [1.82, 2.24) is 19.3 Å². The highest BCUT2D eigenvalue weighted by atomic mass is 16.7. The van der Waals surface area contributed by atoms with Crippen LogP contribution in [0.1, 0.15) is 16.2 Å². The second-order valence-electron chi connectivity index (χ2n) is 8.85. The predicted octanol–water partition coefficient (Wildman–Crippen LogP) is 2.89. The number of benzene rings is 3. The molecule has 1 aliphatic heterocycles. The highest BCUT2D eigenvalue weighted by Gasteiger charge is 2.24. The summed E-state index contributed by atoms with van der Waals surface area (Å²) in [4.78, 5) is 45.2. The highest BCUT2D eigenvalue weighted by Crippen LogP contribution is 2.35. The van der Waals surface area contributed by atoms with Crippen LogP contribution in [0.3, 0.4) is 0 Å². The lowest BCUT2D eigenvalue weighted by Gasteiger charge is -2.15. The van der Waals surface area contributed by atoms with Gasteiger partial charge in [-0.1, -0.05) is 35.5 Å². The molecule has 12 nitrogen and oxygen atoms in total. The zero-order chi connectivity index (χ0) is 27.8. The third kappa shape index (κ3) is 4.34. The van der Waals surface area contributed by atoms with Gasteiger partial charge in [0, 0.05) is 11.6 Å². The normalized spacial score (nSPS) is 12.1. The first-order chi connectivity index (χ1) is 19.5. The zero-order valence-corrected chi connectivity index (χ0v) is 21.4. The molecule has 3 aromatic carbocycles. The maximum absolute atomic E-state index is 13.8. The minimum absolute atomic E-state index is 0.0335. The minimum Gasteiger partial charge on any atom is -0.497 e. The van der Waals surface area contributed by atoms with Gasteiger partial charge < -0.3 is 23.5 Å². The number of methoxy groups -OCH3 is 2. The standard InChI is InChI=1S/C28H22N4O8/c1-36-17-8-9-22(37-2)19(10-17)21(33)13-31-20-12-24-23(38-15-39-24)11-18(20)27(34)32(28(31)35)14-25-29-26(30-40-25)16-6-4-3-5-7-16/h3-12H,13-15H2,1-2H3. The van der Waals surface area contributed by atoms with E-state index >= 15 is 0 Å². The quantitative estimate of drug-likeness (QED) is 0.269. The van der Waals surface area contributed by atoms with Crippen molar-refractivity contribution in [1.29, 1.82) is 0 Å². The van der Waals surface area contributed by atoms with Crippen molar-refractivity contribution in [3.05, 3.63) is 93.0 Å². The molecule has 0 unspecified atom stereocenters. The molecule has 0 saturated carbocycles. The summed E-state index contributed by atoms with van der Waals surface area (Å²) >= 11 is 0. The molecule has 0 bridgehead atoms. The molecule has 0 aliphatic carbocycles. The Morgan fingerprint density at radius 1 is 0.950 bits per heavy atom. The van der Waals surface area contributed by atoms with E-state index in [2.05, 4.69) is 10.1 Å². The van der Waals surface area contributed by atoms with Crippen molar-refractivity contribution in [2.75, 3.05) is 21.0 Å². The molecule has 2 aromatic heterocycles. The Morgan fingerprint density at radius 2 is 1.73 bits per heavy atom. The van der Waals surface area contributed by atoms with Crippen LogP contribution in [0, 0.1) is 0 Å². The molecule has 0 amide bonds. The van der Waals surface area contributed by atoms with Crippen LogP contribution >= 0.6 is 0 Å². The lowest BCUT2D eigenvalue weighted by atomic mass is 10.1. The van der Waals surface area contributed by atoms with E-state index in [9.17, 15) is 14.4 Å². The number of rotatable bonds is 8. The van der Waals surface area contributed by atoms with Crippen LogP contribution < -0.4 is 30.2 Å². The number of hydrogen-bond acceptors (Lipinski definition) is 10. The van der Waals surface area contributed by atoms with Crippen LogP contribution in [0.15, 0.2) is 74.8 Å². The average molecular weight is 543 g/mol. The van der Waals surface area contributed by atoms with Crippen molar-refractivity contribution in [2.45, 2.75) is 13.1 Å². The van der Waals surface area contributed by atoms with Gasteiger partial charge in [0.05, 0.1) is 37.2 Å². The fourth-order valence-corrected chi connectivity index (χ4v) is 4.52. The Morgan fingerprint density at radius 3 is 2.48 bits per heavy atom. The molecule has 6 rings (SSSR count). The number of aromatic nitrogens is 4. The predicted molar refractivity (Wildman–Crippen MR) is 141 cm³/mol. The third-order valence-electron chi connectivity index (χ3n) is 6.52. The number of Topliss-reactive ketones (excluding diaryl/α,β-unsaturated/α-hetero) is 1. The van der Waals surface area contributed by atoms with E-state index in [0.29, 0.717) is 34.4 Å². The molecule has 0 spiro atoms. The molecule has 0 fully saturated rings. The molecule has 40 heavy (non-hydrogen) atoms. The average Bonchev–Trinajstić information content (AvgIpc) is 3.66. The van der Waals surface area contributed by atoms with Gasteiger partial charge in [-0.2, -0.15) is 4.98 Å². The molecular weight excluding hydrogens is 520 g/mol. The third-order valence-corrected chi connectivity index (χ3v) is 6.52. The van der Waals surface area contributed by atoms with Gasteiger partial charge in [0.25, 0.3) is 5.56 Å². The van der Waals surface area contributed by atoms with E-state index in [4.69, 9.17) is 23.5 Å². The molecular formula is C28H22N4O8. The van der Waals surface area contributed by atoms with Crippen LogP contribution in [-0.2, 0) is 13.1 Å². The van der Waals surface area contributed by atoms with Gasteiger partial charge in [-0.25, -0.2) is 4.79 Å². The number of carbonyl (C=O) groups is 1. The van der Waals surface area contributed by atoms with Crippen LogP contribution in [0.25, 0.3) is 22.3 Å². The van der Waals surface area contributed by atoms with Crippen LogP contribution in [0.4, 0.5) is 0 Å². The number of ketones is 1. The molecule has 0 N–H and O–H groups in total. The van der Waals surface area contributed by atoms with Gasteiger partial charge >= 0.3 is 5.69 Å². The minimum atomic E-state index is -0.744. The maximum atomic E-state index is 13.8. The van der Waals surface area contributed by atoms with Crippen molar-refractivity contribution in [3.63, 3.8) is 0 Å². The second kappa shape index (κ2) is 10.1. The molecule has 0 radical (unpaired) electrons. The SMILES string of the molecule is COc1ccc(OC)c(C(=O)Cn2c(=O)n(Cc3nc(-c4ccccc4)no3)c(=O)c3cc4c(cc32)OCO4)c1. The van der Waals surface area contributed by atoms with Crippen LogP contribution in [-0.4, -0.2) is 46.1 Å². The van der Waals surface area contributed by atoms with Crippen molar-refractivity contribution in [3.8, 4) is 34.4 Å². The van der Waals surface area contributed by atoms with Crippen molar-refractivity contribution < 1.29 is 28.3 Å². The first-order valence-electron chi connectivity index (χ1n) is 12.2. The van der Waals surface area contributed by atoms with Gasteiger partial charge in [-0.05, 0) is 24.3 Å². The van der Waals surface area contributed by atoms with Gasteiger partial charge in [-0.15, -0.1) is 0 Å². The Bertz CT molecular complexity index is 1870. The van der Waals surface area contributed by atoms with E-state index < -0.39 is 23.6 Å². The number of hydrogen-bond donors (Lipinski definition) is 0. The van der Waals surface area contributed by atoms with E-state index in [-0.39, 0.29) is 35.7 Å². The molecule has 0 atom stereocenters. The first kappa shape index (κ1) is 24.9. The fraction of sp³-hybridized carbons (Fsp3) is 0.179. The highest BCUT2D eigenvalue weighted by molar-refractivity contribution is 5.99. The number of ether oxygens (including phenoxy) is 4. The fourth-order valence-electron chi connectivity index (χ4n) is 4.52. The Kier molecular flexibility index (Phi) is 6.27. The summed E-state index contributed by atoms with van der Waals surface area (Å²) in [6, 6.07) is 16.9. The lowest BCUT2D eigenvalue weighted by molar-refractivity contribution is 0.0968. The molecule has 3 heterocycles. The van der Waals surface area contributed by atoms with E-state index in [0.717, 1.165) is 4.57 Å². The zero-order valence-electron chi connectivity index (χ0n) is 21.4. The summed E-state index contributed by atoms with van der Waals surface area (Å²) in [5.41, 5.74) is -0.219. The topological polar surface area (TPSA) is 137 Å². The summed E-state index contributed by atoms with van der Waals surface area (Å²) in [6.07, 6.45) is 0. The summed E-state index contributed by atoms with van der Waals surface area (Å²) < 4.78 is 29.0. The maximum Gasteiger partial charge on any atom is 0.332 e. The smallest absolute Gasteiger partial charge is 0.332 e. The van der Waals surface area contributed by atoms with Crippen LogP contribution in [0.2, 0.25) is 0 Å².